The highest BCUT2D eigenvalue weighted by atomic mass is 32.2. The van der Waals surface area contributed by atoms with E-state index in [0.717, 1.165) is 6.42 Å². The van der Waals surface area contributed by atoms with Gasteiger partial charge in [-0.05, 0) is 42.8 Å². The standard InChI is InChI=1S/C22H24N4O6S/c1-4-13-32-18-8-6-5-7-17(18)21(27)23-15-9-11-16(12-10-15)33(28,29)26-19-14-20(30-2)25-22(24-19)31-3/h5-12,14H,4,13H2,1-3H3,(H,23,27)(H,24,25,26). The fourth-order valence-electron chi connectivity index (χ4n) is 2.76. The lowest BCUT2D eigenvalue weighted by atomic mass is 10.2. The van der Waals surface area contributed by atoms with E-state index in [2.05, 4.69) is 20.0 Å². The Kier molecular flexibility index (Phi) is 7.67. The molecule has 0 saturated heterocycles. The molecule has 33 heavy (non-hydrogen) atoms. The van der Waals surface area contributed by atoms with Crippen LogP contribution in [0.4, 0.5) is 11.5 Å². The van der Waals surface area contributed by atoms with Crippen molar-refractivity contribution in [1.29, 1.82) is 0 Å². The molecule has 1 aromatic heterocycles. The van der Waals surface area contributed by atoms with Gasteiger partial charge in [-0.15, -0.1) is 0 Å². The summed E-state index contributed by atoms with van der Waals surface area (Å²) < 4.78 is 43.4. The quantitative estimate of drug-likeness (QED) is 0.460. The van der Waals surface area contributed by atoms with Crippen LogP contribution >= 0.6 is 0 Å². The minimum Gasteiger partial charge on any atom is -0.493 e. The van der Waals surface area contributed by atoms with Gasteiger partial charge >= 0.3 is 6.01 Å². The van der Waals surface area contributed by atoms with E-state index in [9.17, 15) is 13.2 Å². The van der Waals surface area contributed by atoms with E-state index in [0.29, 0.717) is 23.6 Å². The zero-order chi connectivity index (χ0) is 23.8. The summed E-state index contributed by atoms with van der Waals surface area (Å²) in [6.45, 7) is 2.47. The summed E-state index contributed by atoms with van der Waals surface area (Å²) in [5.41, 5.74) is 0.811. The van der Waals surface area contributed by atoms with Crippen LogP contribution in [0.25, 0.3) is 0 Å². The maximum Gasteiger partial charge on any atom is 0.321 e. The van der Waals surface area contributed by atoms with Gasteiger partial charge in [0.2, 0.25) is 5.88 Å². The van der Waals surface area contributed by atoms with Crippen LogP contribution < -0.4 is 24.2 Å². The molecular formula is C22H24N4O6S. The highest BCUT2D eigenvalue weighted by Gasteiger charge is 2.18. The molecule has 0 atom stereocenters. The van der Waals surface area contributed by atoms with Gasteiger partial charge in [-0.2, -0.15) is 9.97 Å². The van der Waals surface area contributed by atoms with Crippen molar-refractivity contribution >= 4 is 27.4 Å². The van der Waals surface area contributed by atoms with Crippen molar-refractivity contribution in [2.75, 3.05) is 30.9 Å². The third-order valence-corrected chi connectivity index (χ3v) is 5.70. The molecule has 0 aliphatic rings. The van der Waals surface area contributed by atoms with Crippen molar-refractivity contribution in [3.05, 3.63) is 60.2 Å². The Labute approximate surface area is 192 Å². The Hall–Kier alpha value is -3.86. The number of nitrogens with zero attached hydrogens (tertiary/aromatic N) is 2. The van der Waals surface area contributed by atoms with Crippen LogP contribution in [0.1, 0.15) is 23.7 Å². The van der Waals surface area contributed by atoms with E-state index in [1.54, 1.807) is 24.3 Å². The summed E-state index contributed by atoms with van der Waals surface area (Å²) in [5, 5.41) is 2.75. The summed E-state index contributed by atoms with van der Waals surface area (Å²) in [6.07, 6.45) is 0.814. The smallest absolute Gasteiger partial charge is 0.321 e. The van der Waals surface area contributed by atoms with Gasteiger partial charge in [-0.25, -0.2) is 8.42 Å². The van der Waals surface area contributed by atoms with E-state index in [-0.39, 0.29) is 28.5 Å². The van der Waals surface area contributed by atoms with Gasteiger partial charge < -0.3 is 19.5 Å². The highest BCUT2D eigenvalue weighted by molar-refractivity contribution is 7.92. The molecule has 1 heterocycles. The van der Waals surface area contributed by atoms with Gasteiger partial charge in [0, 0.05) is 11.8 Å². The van der Waals surface area contributed by atoms with E-state index in [1.807, 2.05) is 6.92 Å². The predicted molar refractivity (Wildman–Crippen MR) is 123 cm³/mol. The molecule has 174 valence electrons. The fourth-order valence-corrected chi connectivity index (χ4v) is 3.75. The van der Waals surface area contributed by atoms with Gasteiger partial charge in [0.25, 0.3) is 15.9 Å². The number of hydrogen-bond donors (Lipinski definition) is 2. The van der Waals surface area contributed by atoms with Gasteiger partial charge in [-0.3, -0.25) is 9.52 Å². The third-order valence-electron chi connectivity index (χ3n) is 4.33. The number of sulfonamides is 1. The van der Waals surface area contributed by atoms with Crippen LogP contribution in [0.15, 0.2) is 59.5 Å². The summed E-state index contributed by atoms with van der Waals surface area (Å²) in [5.74, 6) is 0.243. The Morgan fingerprint density at radius 2 is 1.73 bits per heavy atom. The molecule has 10 nitrogen and oxygen atoms in total. The van der Waals surface area contributed by atoms with Crippen molar-refractivity contribution in [2.24, 2.45) is 0 Å². The summed E-state index contributed by atoms with van der Waals surface area (Å²) >= 11 is 0. The second-order valence-corrected chi connectivity index (χ2v) is 8.39. The maximum atomic E-state index is 12.7. The number of carbonyl (C=O) groups is 1. The number of carbonyl (C=O) groups excluding carboxylic acids is 1. The summed E-state index contributed by atoms with van der Waals surface area (Å²) in [4.78, 5) is 20.5. The molecule has 0 bridgehead atoms. The fraction of sp³-hybridized carbons (Fsp3) is 0.227. The highest BCUT2D eigenvalue weighted by Crippen LogP contribution is 2.23. The predicted octanol–water partition coefficient (Wildman–Crippen LogP) is 3.34. The van der Waals surface area contributed by atoms with Crippen molar-refractivity contribution in [3.63, 3.8) is 0 Å². The first-order chi connectivity index (χ1) is 15.9. The minimum atomic E-state index is -3.96. The average molecular weight is 473 g/mol. The number of anilines is 2. The van der Waals surface area contributed by atoms with Gasteiger partial charge in [0.05, 0.1) is 31.3 Å². The van der Waals surface area contributed by atoms with Crippen molar-refractivity contribution < 1.29 is 27.4 Å². The summed E-state index contributed by atoms with van der Waals surface area (Å²) in [6, 6.07) is 13.9. The zero-order valence-electron chi connectivity index (χ0n) is 18.4. The normalized spacial score (nSPS) is 10.9. The lowest BCUT2D eigenvalue weighted by Crippen LogP contribution is -2.16. The topological polar surface area (TPSA) is 129 Å². The number of aromatic nitrogens is 2. The minimum absolute atomic E-state index is 0.0141. The van der Waals surface area contributed by atoms with Gasteiger partial charge in [0.1, 0.15) is 5.75 Å². The number of benzene rings is 2. The first-order valence-corrected chi connectivity index (χ1v) is 11.5. The van der Waals surface area contributed by atoms with Crippen LogP contribution in [-0.4, -0.2) is 45.1 Å². The average Bonchev–Trinajstić information content (AvgIpc) is 2.82. The number of nitrogens with one attached hydrogen (secondary N) is 2. The second kappa shape index (κ2) is 10.6. The summed E-state index contributed by atoms with van der Waals surface area (Å²) in [7, 11) is -1.22. The van der Waals surface area contributed by atoms with Gasteiger partial charge in [-0.1, -0.05) is 19.1 Å². The molecule has 0 unspecified atom stereocenters. The van der Waals surface area contributed by atoms with E-state index < -0.39 is 10.0 Å². The third kappa shape index (κ3) is 6.10. The first kappa shape index (κ1) is 23.8. The largest absolute Gasteiger partial charge is 0.493 e. The van der Waals surface area contributed by atoms with Crippen LogP contribution in [-0.2, 0) is 10.0 Å². The number of rotatable bonds is 10. The van der Waals surface area contributed by atoms with E-state index >= 15 is 0 Å². The van der Waals surface area contributed by atoms with E-state index in [1.165, 1.54) is 44.6 Å². The van der Waals surface area contributed by atoms with E-state index in [4.69, 9.17) is 14.2 Å². The number of ether oxygens (including phenoxy) is 3. The molecule has 11 heteroatoms. The molecule has 3 rings (SSSR count). The molecule has 0 spiro atoms. The molecule has 0 aliphatic heterocycles. The Morgan fingerprint density at radius 1 is 1.00 bits per heavy atom. The lowest BCUT2D eigenvalue weighted by Gasteiger charge is -2.12. The SMILES string of the molecule is CCCOc1ccccc1C(=O)Nc1ccc(S(=O)(=O)Nc2cc(OC)nc(OC)n2)cc1. The Morgan fingerprint density at radius 3 is 2.39 bits per heavy atom. The number of methoxy groups -OCH3 is 2. The van der Waals surface area contributed by atoms with Crippen molar-refractivity contribution in [3.8, 4) is 17.6 Å². The first-order valence-electron chi connectivity index (χ1n) is 9.99. The molecular weight excluding hydrogens is 448 g/mol. The maximum absolute atomic E-state index is 12.7. The van der Waals surface area contributed by atoms with Crippen LogP contribution in [0.2, 0.25) is 0 Å². The van der Waals surface area contributed by atoms with Crippen LogP contribution in [0.5, 0.6) is 17.6 Å². The molecule has 1 amide bonds. The molecule has 3 aromatic rings. The molecule has 2 aromatic carbocycles. The molecule has 0 fully saturated rings. The second-order valence-electron chi connectivity index (χ2n) is 6.71. The monoisotopic (exact) mass is 472 g/mol. The van der Waals surface area contributed by atoms with Crippen LogP contribution in [0, 0.1) is 0 Å². The Balaban J connectivity index is 1.74. The van der Waals surface area contributed by atoms with Gasteiger partial charge in [0.15, 0.2) is 5.82 Å². The lowest BCUT2D eigenvalue weighted by molar-refractivity contribution is 0.102. The number of hydrogen-bond acceptors (Lipinski definition) is 8. The number of amides is 1. The Bertz CT molecular complexity index is 1190. The van der Waals surface area contributed by atoms with Crippen LogP contribution in [0.3, 0.4) is 0 Å². The molecule has 0 saturated carbocycles. The zero-order valence-corrected chi connectivity index (χ0v) is 19.2. The number of para-hydroxylation sites is 1. The molecule has 0 aliphatic carbocycles. The van der Waals surface area contributed by atoms with Crippen molar-refractivity contribution in [1.82, 2.24) is 9.97 Å². The van der Waals surface area contributed by atoms with Crippen molar-refractivity contribution in [2.45, 2.75) is 18.2 Å². The molecule has 2 N–H and O–H groups in total. The molecule has 0 radical (unpaired) electrons.